The van der Waals surface area contributed by atoms with Crippen LogP contribution in [0.2, 0.25) is 0 Å². The van der Waals surface area contributed by atoms with Crippen molar-refractivity contribution in [2.75, 3.05) is 23.9 Å². The van der Waals surface area contributed by atoms with Gasteiger partial charge in [-0.25, -0.2) is 14.5 Å². The number of aromatic hydroxyl groups is 1. The molecule has 272 valence electrons. The Morgan fingerprint density at radius 1 is 1.06 bits per heavy atom. The van der Waals surface area contributed by atoms with Gasteiger partial charge in [0.2, 0.25) is 11.8 Å². The number of anilines is 2. The average Bonchev–Trinajstić information content (AvgIpc) is 3.50. The van der Waals surface area contributed by atoms with Gasteiger partial charge in [0.1, 0.15) is 25.3 Å². The molecule has 0 saturated heterocycles. The molecule has 2 heterocycles. The number of carbonyl (C=O) groups is 5. The molecule has 15 nitrogen and oxygen atoms in total. The lowest BCUT2D eigenvalue weighted by Gasteiger charge is -2.31. The molecule has 15 heteroatoms. The van der Waals surface area contributed by atoms with Crippen molar-refractivity contribution >= 4 is 41.3 Å². The molecule has 0 aromatic heterocycles. The molecule has 0 radical (unpaired) electrons. The SMILES string of the molecule is C=CCOC(=O)N[C@@H](C(=O)N[C@H](C)C(=O)Nc1ccc(COC(=O)N2c3cc(O)c(OC)cc3C(=O)N3C=C(/C=C/C)C[C@H]3[C@@H]2O)cc1)C(C)C. The monoisotopic (exact) mass is 705 g/mol. The fraction of sp³-hybridized carbons (Fsp3) is 0.361. The predicted molar refractivity (Wildman–Crippen MR) is 187 cm³/mol. The van der Waals surface area contributed by atoms with Gasteiger partial charge in [0, 0.05) is 18.0 Å². The molecule has 51 heavy (non-hydrogen) atoms. The summed E-state index contributed by atoms with van der Waals surface area (Å²) >= 11 is 0. The number of carbonyl (C=O) groups excluding carboxylic acids is 5. The first-order chi connectivity index (χ1) is 24.3. The smallest absolute Gasteiger partial charge is 0.416 e. The number of aliphatic hydroxyl groups excluding tert-OH is 1. The number of hydrogen-bond donors (Lipinski definition) is 5. The number of hydrogen-bond acceptors (Lipinski definition) is 10. The second kappa shape index (κ2) is 16.7. The van der Waals surface area contributed by atoms with Gasteiger partial charge < -0.3 is 45.3 Å². The molecule has 4 atom stereocenters. The Kier molecular flexibility index (Phi) is 12.5. The van der Waals surface area contributed by atoms with Gasteiger partial charge in [-0.15, -0.1) is 0 Å². The highest BCUT2D eigenvalue weighted by Crippen LogP contribution is 2.41. The van der Waals surface area contributed by atoms with Crippen molar-refractivity contribution in [3.63, 3.8) is 0 Å². The van der Waals surface area contributed by atoms with Crippen LogP contribution in [0.1, 0.15) is 50.0 Å². The Morgan fingerprint density at radius 2 is 1.76 bits per heavy atom. The maximum absolute atomic E-state index is 13.6. The van der Waals surface area contributed by atoms with Crippen LogP contribution in [-0.2, 0) is 25.7 Å². The molecule has 2 aromatic carbocycles. The zero-order valence-electron chi connectivity index (χ0n) is 29.0. The number of methoxy groups -OCH3 is 1. The van der Waals surface area contributed by atoms with Gasteiger partial charge in [-0.2, -0.15) is 0 Å². The van der Waals surface area contributed by atoms with Crippen LogP contribution in [0.3, 0.4) is 0 Å². The Bertz CT molecular complexity index is 1720. The third-order valence-corrected chi connectivity index (χ3v) is 8.21. The summed E-state index contributed by atoms with van der Waals surface area (Å²) in [5.41, 5.74) is 1.68. The van der Waals surface area contributed by atoms with Crippen LogP contribution in [0.5, 0.6) is 11.5 Å². The van der Waals surface area contributed by atoms with Crippen molar-refractivity contribution in [2.24, 2.45) is 5.92 Å². The Hall–Kier alpha value is -5.83. The quantitative estimate of drug-likeness (QED) is 0.202. The molecule has 0 aliphatic carbocycles. The summed E-state index contributed by atoms with van der Waals surface area (Å²) in [5.74, 6) is -2.19. The molecule has 0 spiro atoms. The molecule has 5 N–H and O–H groups in total. The summed E-state index contributed by atoms with van der Waals surface area (Å²) in [5, 5.41) is 29.8. The van der Waals surface area contributed by atoms with Crippen LogP contribution in [0.4, 0.5) is 21.0 Å². The molecule has 0 fully saturated rings. The van der Waals surface area contributed by atoms with Crippen LogP contribution >= 0.6 is 0 Å². The van der Waals surface area contributed by atoms with Crippen molar-refractivity contribution in [1.29, 1.82) is 0 Å². The molecule has 0 saturated carbocycles. The van der Waals surface area contributed by atoms with E-state index >= 15 is 0 Å². The fourth-order valence-electron chi connectivity index (χ4n) is 5.56. The highest BCUT2D eigenvalue weighted by Gasteiger charge is 2.45. The van der Waals surface area contributed by atoms with E-state index in [0.29, 0.717) is 11.3 Å². The second-order valence-corrected chi connectivity index (χ2v) is 12.2. The van der Waals surface area contributed by atoms with E-state index in [-0.39, 0.29) is 48.3 Å². The molecule has 4 rings (SSSR count). The Morgan fingerprint density at radius 3 is 2.39 bits per heavy atom. The van der Waals surface area contributed by atoms with Gasteiger partial charge in [0.15, 0.2) is 17.7 Å². The minimum absolute atomic E-state index is 0.0161. The van der Waals surface area contributed by atoms with Gasteiger partial charge in [-0.3, -0.25) is 14.4 Å². The Labute approximate surface area is 295 Å². The van der Waals surface area contributed by atoms with Gasteiger partial charge in [0.25, 0.3) is 5.91 Å². The van der Waals surface area contributed by atoms with Crippen molar-refractivity contribution in [3.8, 4) is 11.5 Å². The number of ether oxygens (including phenoxy) is 3. The van der Waals surface area contributed by atoms with Crippen LogP contribution in [0, 0.1) is 5.92 Å². The zero-order chi connectivity index (χ0) is 37.4. The fourth-order valence-corrected chi connectivity index (χ4v) is 5.56. The number of benzene rings is 2. The number of rotatable bonds is 12. The predicted octanol–water partition coefficient (Wildman–Crippen LogP) is 3.93. The summed E-state index contributed by atoms with van der Waals surface area (Å²) in [7, 11) is 1.33. The number of fused-ring (bicyclic) bond motifs is 2. The molecular formula is C36H43N5O10. The van der Waals surface area contributed by atoms with E-state index in [0.717, 1.165) is 10.5 Å². The normalized spacial score (nSPS) is 17.8. The van der Waals surface area contributed by atoms with Gasteiger partial charge in [-0.05, 0) is 55.5 Å². The highest BCUT2D eigenvalue weighted by molar-refractivity contribution is 6.06. The number of amides is 5. The first-order valence-corrected chi connectivity index (χ1v) is 16.2. The minimum atomic E-state index is -1.52. The highest BCUT2D eigenvalue weighted by atomic mass is 16.6. The number of nitrogens with zero attached hydrogens (tertiary/aromatic N) is 2. The number of allylic oxidation sites excluding steroid dienone is 2. The maximum Gasteiger partial charge on any atom is 0.416 e. The van der Waals surface area contributed by atoms with E-state index in [4.69, 9.17) is 14.2 Å². The zero-order valence-corrected chi connectivity index (χ0v) is 29.0. The number of aliphatic hydroxyl groups is 1. The van der Waals surface area contributed by atoms with Crippen LogP contribution < -0.4 is 25.6 Å². The lowest BCUT2D eigenvalue weighted by Crippen LogP contribution is -2.53. The van der Waals surface area contributed by atoms with Gasteiger partial charge >= 0.3 is 12.2 Å². The standard InChI is InChI=1S/C36H43N5O10/c1-7-9-23-15-27-34(46)41(26-17-28(42)29(49-6)16-25(26)33(45)40(27)18-23)36(48)51-19-22-10-12-24(13-11-22)38-31(43)21(5)37-32(44)30(20(3)4)39-35(47)50-14-8-2/h7-13,16-18,20-21,27,30,34,42,46H,2,14-15,19H2,1,3-6H3,(H,37,44)(H,38,43)(H,39,47)/b9-7+/t21-,27+,30-,34+/m1/s1. The number of phenols is 1. The number of nitrogens with one attached hydrogen (secondary N) is 3. The van der Waals surface area contributed by atoms with Crippen molar-refractivity contribution in [2.45, 2.75) is 65.1 Å². The summed E-state index contributed by atoms with van der Waals surface area (Å²) in [6.45, 7) is 10.0. The van der Waals surface area contributed by atoms with Crippen LogP contribution in [0.25, 0.3) is 0 Å². The molecular weight excluding hydrogens is 662 g/mol. The second-order valence-electron chi connectivity index (χ2n) is 12.2. The van der Waals surface area contributed by atoms with Crippen molar-refractivity contribution in [1.82, 2.24) is 15.5 Å². The number of alkyl carbamates (subject to hydrolysis) is 1. The summed E-state index contributed by atoms with van der Waals surface area (Å²) in [4.78, 5) is 67.1. The first kappa shape index (κ1) is 38.0. The molecule has 2 aliphatic rings. The molecule has 0 unspecified atom stereocenters. The van der Waals surface area contributed by atoms with E-state index in [1.165, 1.54) is 37.1 Å². The topological polar surface area (TPSA) is 196 Å². The average molecular weight is 706 g/mol. The summed E-state index contributed by atoms with van der Waals surface area (Å²) < 4.78 is 15.7. The molecule has 2 aliphatic heterocycles. The van der Waals surface area contributed by atoms with Crippen molar-refractivity contribution in [3.05, 3.63) is 84.1 Å². The van der Waals surface area contributed by atoms with E-state index in [1.54, 1.807) is 50.4 Å². The van der Waals surface area contributed by atoms with E-state index < -0.39 is 54.3 Å². The minimum Gasteiger partial charge on any atom is -0.504 e. The van der Waals surface area contributed by atoms with Gasteiger partial charge in [0.05, 0.1) is 24.4 Å². The summed E-state index contributed by atoms with van der Waals surface area (Å²) in [6.07, 6.45) is 3.63. The van der Waals surface area contributed by atoms with Crippen LogP contribution in [-0.4, -0.2) is 83.1 Å². The summed E-state index contributed by atoms with van der Waals surface area (Å²) in [6, 6.07) is 6.14. The van der Waals surface area contributed by atoms with Crippen LogP contribution in [0.15, 0.2) is 73.0 Å². The number of phenolic OH excluding ortho intramolecular Hbond substituents is 1. The van der Waals surface area contributed by atoms with Gasteiger partial charge in [-0.1, -0.05) is 50.8 Å². The van der Waals surface area contributed by atoms with E-state index in [2.05, 4.69) is 22.5 Å². The first-order valence-electron chi connectivity index (χ1n) is 16.2. The maximum atomic E-state index is 13.6. The lowest BCUT2D eigenvalue weighted by molar-refractivity contribution is -0.128. The largest absolute Gasteiger partial charge is 0.504 e. The van der Waals surface area contributed by atoms with E-state index in [9.17, 15) is 34.2 Å². The Balaban J connectivity index is 1.41. The molecule has 5 amide bonds. The van der Waals surface area contributed by atoms with E-state index in [1.807, 2.05) is 13.0 Å². The lowest BCUT2D eigenvalue weighted by atomic mass is 10.0. The molecule has 0 bridgehead atoms. The third-order valence-electron chi connectivity index (χ3n) is 8.21. The third kappa shape index (κ3) is 8.86. The molecule has 2 aromatic rings. The van der Waals surface area contributed by atoms with Crippen molar-refractivity contribution < 1.29 is 48.4 Å².